The summed E-state index contributed by atoms with van der Waals surface area (Å²) in [5, 5.41) is 12.2. The Morgan fingerprint density at radius 1 is 1.28 bits per heavy atom. The van der Waals surface area contributed by atoms with Crippen LogP contribution in [0.2, 0.25) is 0 Å². The molecule has 3 rings (SSSR count). The summed E-state index contributed by atoms with van der Waals surface area (Å²) < 4.78 is 0. The van der Waals surface area contributed by atoms with Gasteiger partial charge in [0.1, 0.15) is 0 Å². The number of urea groups is 1. The Bertz CT molecular complexity index is 607. The van der Waals surface area contributed by atoms with Crippen molar-refractivity contribution in [2.45, 2.75) is 44.3 Å². The van der Waals surface area contributed by atoms with E-state index in [4.69, 9.17) is 0 Å². The third-order valence-electron chi connectivity index (χ3n) is 5.38. The second-order valence-corrected chi connectivity index (χ2v) is 7.20. The van der Waals surface area contributed by atoms with Crippen LogP contribution in [0.25, 0.3) is 0 Å². The lowest BCUT2D eigenvalue weighted by atomic mass is 9.89. The first-order valence-electron chi connectivity index (χ1n) is 9.07. The van der Waals surface area contributed by atoms with Gasteiger partial charge in [-0.2, -0.15) is 0 Å². The summed E-state index contributed by atoms with van der Waals surface area (Å²) in [6.07, 6.45) is 3.23. The molecule has 0 spiro atoms. The topological polar surface area (TPSA) is 72.9 Å². The highest BCUT2D eigenvalue weighted by atomic mass is 16.4. The molecule has 6 heteroatoms. The van der Waals surface area contributed by atoms with Crippen molar-refractivity contribution in [3.8, 4) is 0 Å². The van der Waals surface area contributed by atoms with Gasteiger partial charge in [-0.25, -0.2) is 4.79 Å². The van der Waals surface area contributed by atoms with Gasteiger partial charge < -0.3 is 20.2 Å². The van der Waals surface area contributed by atoms with E-state index >= 15 is 0 Å². The predicted octanol–water partition coefficient (Wildman–Crippen LogP) is 2.16. The van der Waals surface area contributed by atoms with Gasteiger partial charge in [-0.3, -0.25) is 4.79 Å². The number of carboxylic acid groups (broad SMARTS) is 1. The van der Waals surface area contributed by atoms with Gasteiger partial charge in [0.05, 0.1) is 5.92 Å². The number of rotatable bonds is 7. The highest BCUT2D eigenvalue weighted by Gasteiger charge is 2.51. The van der Waals surface area contributed by atoms with Crippen molar-refractivity contribution in [1.29, 1.82) is 0 Å². The van der Waals surface area contributed by atoms with Gasteiger partial charge in [0, 0.05) is 25.2 Å². The lowest BCUT2D eigenvalue weighted by molar-refractivity contribution is -0.142. The number of fused-ring (bicyclic) bond motifs is 2. The maximum absolute atomic E-state index is 12.4. The van der Waals surface area contributed by atoms with E-state index in [9.17, 15) is 14.7 Å². The molecule has 2 N–H and O–H groups in total. The monoisotopic (exact) mass is 345 g/mol. The first kappa shape index (κ1) is 17.7. The Hall–Kier alpha value is -2.08. The van der Waals surface area contributed by atoms with E-state index in [1.54, 1.807) is 4.90 Å². The first-order valence-corrected chi connectivity index (χ1v) is 9.07. The van der Waals surface area contributed by atoms with Crippen molar-refractivity contribution in [3.05, 3.63) is 35.9 Å². The average molecular weight is 345 g/mol. The molecule has 6 nitrogen and oxygen atoms in total. The molecule has 2 fully saturated rings. The van der Waals surface area contributed by atoms with Gasteiger partial charge in [-0.05, 0) is 44.8 Å². The number of amides is 2. The molecule has 1 aromatic carbocycles. The van der Waals surface area contributed by atoms with Crippen LogP contribution in [0.4, 0.5) is 4.79 Å². The lowest BCUT2D eigenvalue weighted by Crippen LogP contribution is -2.44. The molecular weight excluding hydrogens is 318 g/mol. The first-order chi connectivity index (χ1) is 12.1. The molecule has 0 aliphatic carbocycles. The number of aliphatic carboxylic acids is 1. The zero-order valence-corrected chi connectivity index (χ0v) is 14.7. The number of hydrogen-bond acceptors (Lipinski definition) is 3. The summed E-state index contributed by atoms with van der Waals surface area (Å²) in [4.78, 5) is 27.7. The fourth-order valence-corrected chi connectivity index (χ4v) is 4.18. The van der Waals surface area contributed by atoms with Crippen LogP contribution in [0.5, 0.6) is 0 Å². The molecule has 3 unspecified atom stereocenters. The van der Waals surface area contributed by atoms with Crippen LogP contribution < -0.4 is 5.32 Å². The van der Waals surface area contributed by atoms with E-state index in [1.165, 1.54) is 5.56 Å². The van der Waals surface area contributed by atoms with Crippen molar-refractivity contribution in [2.24, 2.45) is 5.92 Å². The molecule has 2 saturated heterocycles. The summed E-state index contributed by atoms with van der Waals surface area (Å²) in [5.74, 6) is -1.16. The fraction of sp³-hybridized carbons (Fsp3) is 0.579. The van der Waals surface area contributed by atoms with Crippen molar-refractivity contribution < 1.29 is 14.7 Å². The molecule has 2 amide bonds. The third kappa shape index (κ3) is 4.12. The Balaban J connectivity index is 1.38. The highest BCUT2D eigenvalue weighted by Crippen LogP contribution is 2.41. The summed E-state index contributed by atoms with van der Waals surface area (Å²) in [5.41, 5.74) is 1.28. The lowest BCUT2D eigenvalue weighted by Gasteiger charge is -2.24. The minimum Gasteiger partial charge on any atom is -0.481 e. The zero-order chi connectivity index (χ0) is 17.8. The van der Waals surface area contributed by atoms with Gasteiger partial charge in [0.25, 0.3) is 0 Å². The molecule has 1 aromatic rings. The summed E-state index contributed by atoms with van der Waals surface area (Å²) >= 11 is 0. The van der Waals surface area contributed by atoms with E-state index in [0.29, 0.717) is 13.0 Å². The number of hydrogen-bond donors (Lipinski definition) is 2. The van der Waals surface area contributed by atoms with E-state index in [0.717, 1.165) is 32.4 Å². The summed E-state index contributed by atoms with van der Waals surface area (Å²) in [7, 11) is 2.08. The molecule has 3 atom stereocenters. The van der Waals surface area contributed by atoms with Gasteiger partial charge in [-0.1, -0.05) is 30.3 Å². The minimum absolute atomic E-state index is 0.0954. The largest absolute Gasteiger partial charge is 0.481 e. The smallest absolute Gasteiger partial charge is 0.317 e. The molecule has 2 heterocycles. The van der Waals surface area contributed by atoms with E-state index in [-0.39, 0.29) is 24.0 Å². The van der Waals surface area contributed by atoms with Crippen LogP contribution in [0.15, 0.2) is 30.3 Å². The molecule has 2 aliphatic heterocycles. The standard InChI is InChI=1S/C19H27N3O3/c1-21(13-14-6-3-2-4-7-14)11-5-10-20-19(25)22-15-8-9-17(22)16(12-15)18(23)24/h2-4,6-7,15-17H,5,8-13H2,1H3,(H,20,25)(H,23,24). The molecule has 136 valence electrons. The Labute approximate surface area is 148 Å². The maximum Gasteiger partial charge on any atom is 0.317 e. The van der Waals surface area contributed by atoms with Crippen LogP contribution in [-0.2, 0) is 11.3 Å². The predicted molar refractivity (Wildman–Crippen MR) is 95.2 cm³/mol. The average Bonchev–Trinajstić information content (AvgIpc) is 3.17. The fourth-order valence-electron chi connectivity index (χ4n) is 4.18. The number of carbonyl (C=O) groups excluding carboxylic acids is 1. The van der Waals surface area contributed by atoms with E-state index < -0.39 is 5.97 Å². The quantitative estimate of drug-likeness (QED) is 0.743. The molecule has 2 aliphatic rings. The molecule has 2 bridgehead atoms. The molecule has 0 radical (unpaired) electrons. The SMILES string of the molecule is CN(CCCNC(=O)N1C2CCC1C(C(=O)O)C2)Cc1ccccc1. The number of carboxylic acids is 1. The number of benzene rings is 1. The Morgan fingerprint density at radius 3 is 2.72 bits per heavy atom. The van der Waals surface area contributed by atoms with Crippen molar-refractivity contribution >= 4 is 12.0 Å². The van der Waals surface area contributed by atoms with Gasteiger partial charge in [0.2, 0.25) is 0 Å². The van der Waals surface area contributed by atoms with Crippen LogP contribution in [0.3, 0.4) is 0 Å². The molecule has 0 saturated carbocycles. The molecule has 0 aromatic heterocycles. The van der Waals surface area contributed by atoms with Crippen LogP contribution in [0, 0.1) is 5.92 Å². The van der Waals surface area contributed by atoms with Crippen molar-refractivity contribution in [3.63, 3.8) is 0 Å². The van der Waals surface area contributed by atoms with Crippen LogP contribution >= 0.6 is 0 Å². The van der Waals surface area contributed by atoms with Crippen molar-refractivity contribution in [2.75, 3.05) is 20.1 Å². The Kier molecular flexibility index (Phi) is 5.58. The van der Waals surface area contributed by atoms with E-state index in [2.05, 4.69) is 29.4 Å². The molecule has 25 heavy (non-hydrogen) atoms. The van der Waals surface area contributed by atoms with Gasteiger partial charge in [0.15, 0.2) is 0 Å². The number of nitrogens with zero attached hydrogens (tertiary/aromatic N) is 2. The maximum atomic E-state index is 12.4. The van der Waals surface area contributed by atoms with E-state index in [1.807, 2.05) is 18.2 Å². The van der Waals surface area contributed by atoms with Crippen LogP contribution in [0.1, 0.15) is 31.2 Å². The minimum atomic E-state index is -0.771. The summed E-state index contributed by atoms with van der Waals surface area (Å²) in [6.45, 7) is 2.41. The number of nitrogens with one attached hydrogen (secondary N) is 1. The second-order valence-electron chi connectivity index (χ2n) is 7.20. The summed E-state index contributed by atoms with van der Waals surface area (Å²) in [6, 6.07) is 10.2. The highest BCUT2D eigenvalue weighted by molar-refractivity contribution is 5.79. The van der Waals surface area contributed by atoms with Crippen molar-refractivity contribution in [1.82, 2.24) is 15.1 Å². The Morgan fingerprint density at radius 2 is 2.04 bits per heavy atom. The third-order valence-corrected chi connectivity index (χ3v) is 5.38. The number of carbonyl (C=O) groups is 2. The van der Waals surface area contributed by atoms with Gasteiger partial charge in [-0.15, -0.1) is 0 Å². The second kappa shape index (κ2) is 7.87. The van der Waals surface area contributed by atoms with Gasteiger partial charge >= 0.3 is 12.0 Å². The zero-order valence-electron chi connectivity index (χ0n) is 14.7. The van der Waals surface area contributed by atoms with Crippen LogP contribution in [-0.4, -0.2) is 59.1 Å². The molecular formula is C19H27N3O3. The normalized spacial score (nSPS) is 24.7.